The molecule has 1 aliphatic heterocycles. The summed E-state index contributed by atoms with van der Waals surface area (Å²) in [6.45, 7) is 12.7. The molecule has 2 fully saturated rings. The molecule has 3 heteroatoms. The first kappa shape index (κ1) is 18.9. The molecule has 0 aromatic rings. The van der Waals surface area contributed by atoms with Gasteiger partial charge in [0.25, 0.3) is 0 Å². The van der Waals surface area contributed by atoms with Crippen LogP contribution in [0.4, 0.5) is 0 Å². The van der Waals surface area contributed by atoms with E-state index in [1.54, 1.807) is 0 Å². The second kappa shape index (κ2) is 11.7. The quantitative estimate of drug-likeness (QED) is 0.685. The SMILES string of the molecule is C=C.CC(C)C1CCCCC1.CN1CCS(=O)CC1. The van der Waals surface area contributed by atoms with Crippen molar-refractivity contribution in [2.75, 3.05) is 31.6 Å². The van der Waals surface area contributed by atoms with Crippen LogP contribution in [-0.4, -0.2) is 40.8 Å². The van der Waals surface area contributed by atoms with Gasteiger partial charge in [0.05, 0.1) is 0 Å². The molecular weight excluding hydrogens is 254 g/mol. The van der Waals surface area contributed by atoms with Crippen LogP contribution in [0, 0.1) is 11.8 Å². The van der Waals surface area contributed by atoms with Crippen molar-refractivity contribution in [2.24, 2.45) is 11.8 Å². The van der Waals surface area contributed by atoms with Crippen LogP contribution in [0.1, 0.15) is 46.0 Å². The van der Waals surface area contributed by atoms with E-state index >= 15 is 0 Å². The molecule has 0 radical (unpaired) electrons. The molecule has 1 aliphatic carbocycles. The van der Waals surface area contributed by atoms with Crippen molar-refractivity contribution in [3.8, 4) is 0 Å². The van der Waals surface area contributed by atoms with Crippen LogP contribution in [0.25, 0.3) is 0 Å². The smallest absolute Gasteiger partial charge is 0.0362 e. The van der Waals surface area contributed by atoms with Gasteiger partial charge in [-0.1, -0.05) is 46.0 Å². The van der Waals surface area contributed by atoms with Gasteiger partial charge in [-0.15, -0.1) is 13.2 Å². The van der Waals surface area contributed by atoms with Gasteiger partial charge in [0.2, 0.25) is 0 Å². The van der Waals surface area contributed by atoms with Crippen LogP contribution < -0.4 is 0 Å². The van der Waals surface area contributed by atoms with Gasteiger partial charge in [-0.25, -0.2) is 0 Å². The highest BCUT2D eigenvalue weighted by Gasteiger charge is 2.15. The van der Waals surface area contributed by atoms with Crippen LogP contribution in [0.5, 0.6) is 0 Å². The molecule has 2 nitrogen and oxygen atoms in total. The lowest BCUT2D eigenvalue weighted by molar-refractivity contribution is 0.279. The van der Waals surface area contributed by atoms with Gasteiger partial charge < -0.3 is 4.90 Å². The summed E-state index contributed by atoms with van der Waals surface area (Å²) in [6.07, 6.45) is 7.46. The predicted octanol–water partition coefficient (Wildman–Crippen LogP) is 3.71. The lowest BCUT2D eigenvalue weighted by Crippen LogP contribution is -2.34. The lowest BCUT2D eigenvalue weighted by Gasteiger charge is -2.24. The standard InChI is InChI=1S/C9H18.C5H11NOS.C2H4/c1-8(2)9-6-4-3-5-7-9;1-6-2-4-8(7)5-3-6;1-2/h8-9H,3-7H2,1-2H3;2-5H2,1H3;1-2H2. The topological polar surface area (TPSA) is 20.3 Å². The summed E-state index contributed by atoms with van der Waals surface area (Å²) in [4.78, 5) is 2.21. The minimum atomic E-state index is -0.503. The van der Waals surface area contributed by atoms with Gasteiger partial charge in [-0.05, 0) is 18.9 Å². The highest BCUT2D eigenvalue weighted by Crippen LogP contribution is 2.29. The van der Waals surface area contributed by atoms with Crippen molar-refractivity contribution in [1.82, 2.24) is 4.90 Å². The summed E-state index contributed by atoms with van der Waals surface area (Å²) < 4.78 is 10.7. The molecule has 1 saturated carbocycles. The summed E-state index contributed by atoms with van der Waals surface area (Å²) in [5.74, 6) is 3.73. The van der Waals surface area contributed by atoms with Crippen LogP contribution in [0.2, 0.25) is 0 Å². The normalized spacial score (nSPS) is 22.1. The summed E-state index contributed by atoms with van der Waals surface area (Å²) in [5, 5.41) is 0. The van der Waals surface area contributed by atoms with Crippen molar-refractivity contribution < 1.29 is 4.21 Å². The van der Waals surface area contributed by atoms with Gasteiger partial charge in [0, 0.05) is 35.4 Å². The van der Waals surface area contributed by atoms with Gasteiger partial charge in [0.15, 0.2) is 0 Å². The number of nitrogens with zero attached hydrogens (tertiary/aromatic N) is 1. The Kier molecular flexibility index (Phi) is 11.6. The molecule has 0 N–H and O–H groups in total. The first-order valence-electron chi connectivity index (χ1n) is 7.63. The van der Waals surface area contributed by atoms with E-state index in [4.69, 9.17) is 0 Å². The van der Waals surface area contributed by atoms with Crippen LogP contribution in [0.3, 0.4) is 0 Å². The maximum atomic E-state index is 10.7. The average molecular weight is 288 g/mol. The van der Waals surface area contributed by atoms with Crippen LogP contribution in [-0.2, 0) is 10.8 Å². The van der Waals surface area contributed by atoms with Gasteiger partial charge in [-0.2, -0.15) is 0 Å². The van der Waals surface area contributed by atoms with Crippen LogP contribution >= 0.6 is 0 Å². The summed E-state index contributed by atoms with van der Waals surface area (Å²) >= 11 is 0. The first-order valence-corrected chi connectivity index (χ1v) is 9.12. The van der Waals surface area contributed by atoms with Gasteiger partial charge in [0.1, 0.15) is 0 Å². The van der Waals surface area contributed by atoms with Crippen molar-refractivity contribution >= 4 is 10.8 Å². The molecule has 0 unspecified atom stereocenters. The molecular formula is C16H33NOS. The molecule has 0 aromatic carbocycles. The molecule has 0 aromatic heterocycles. The summed E-state index contributed by atoms with van der Waals surface area (Å²) in [7, 11) is 1.56. The van der Waals surface area contributed by atoms with Gasteiger partial charge >= 0.3 is 0 Å². The van der Waals surface area contributed by atoms with Crippen molar-refractivity contribution in [1.29, 1.82) is 0 Å². The maximum Gasteiger partial charge on any atom is 0.0362 e. The monoisotopic (exact) mass is 287 g/mol. The highest BCUT2D eigenvalue weighted by molar-refractivity contribution is 7.85. The van der Waals surface area contributed by atoms with Crippen molar-refractivity contribution in [2.45, 2.75) is 46.0 Å². The Bertz CT molecular complexity index is 227. The molecule has 0 spiro atoms. The molecule has 1 saturated heterocycles. The van der Waals surface area contributed by atoms with E-state index in [1.807, 2.05) is 0 Å². The molecule has 0 amide bonds. The second-order valence-electron chi connectivity index (χ2n) is 5.79. The second-order valence-corrected chi connectivity index (χ2v) is 7.49. The Labute approximate surface area is 123 Å². The number of rotatable bonds is 1. The van der Waals surface area contributed by atoms with Gasteiger partial charge in [-0.3, -0.25) is 4.21 Å². The highest BCUT2D eigenvalue weighted by atomic mass is 32.2. The largest absolute Gasteiger partial charge is 0.305 e. The van der Waals surface area contributed by atoms with E-state index in [0.717, 1.165) is 36.4 Å². The zero-order valence-electron chi connectivity index (χ0n) is 13.2. The average Bonchev–Trinajstić information content (AvgIpc) is 2.46. The molecule has 2 rings (SSSR count). The van der Waals surface area contributed by atoms with E-state index in [2.05, 4.69) is 39.0 Å². The number of hydrogen-bond acceptors (Lipinski definition) is 2. The molecule has 19 heavy (non-hydrogen) atoms. The van der Waals surface area contributed by atoms with Crippen molar-refractivity contribution in [3.05, 3.63) is 13.2 Å². The Hall–Kier alpha value is -0.150. The Morgan fingerprint density at radius 1 is 1.05 bits per heavy atom. The minimum Gasteiger partial charge on any atom is -0.305 e. The Morgan fingerprint density at radius 3 is 1.84 bits per heavy atom. The lowest BCUT2D eigenvalue weighted by atomic mass is 9.82. The fourth-order valence-electron chi connectivity index (χ4n) is 2.53. The summed E-state index contributed by atoms with van der Waals surface area (Å²) in [5.41, 5.74) is 0. The third-order valence-electron chi connectivity index (χ3n) is 3.99. The zero-order valence-corrected chi connectivity index (χ0v) is 14.0. The van der Waals surface area contributed by atoms with Crippen LogP contribution in [0.15, 0.2) is 13.2 Å². The Morgan fingerprint density at radius 2 is 1.53 bits per heavy atom. The third kappa shape index (κ3) is 9.39. The predicted molar refractivity (Wildman–Crippen MR) is 88.0 cm³/mol. The molecule has 0 bridgehead atoms. The molecule has 0 atom stereocenters. The molecule has 2 aliphatic rings. The molecule has 1 heterocycles. The minimum absolute atomic E-state index is 0.503. The van der Waals surface area contributed by atoms with E-state index in [0.29, 0.717) is 0 Å². The Balaban J connectivity index is 0.000000303. The maximum absolute atomic E-state index is 10.7. The third-order valence-corrected chi connectivity index (χ3v) is 5.27. The fraction of sp³-hybridized carbons (Fsp3) is 0.875. The van der Waals surface area contributed by atoms with Crippen molar-refractivity contribution in [3.63, 3.8) is 0 Å². The fourth-order valence-corrected chi connectivity index (χ4v) is 3.76. The zero-order chi connectivity index (χ0) is 14.7. The first-order chi connectivity index (χ1) is 9.09. The van der Waals surface area contributed by atoms with E-state index in [1.165, 1.54) is 32.1 Å². The molecule has 114 valence electrons. The van der Waals surface area contributed by atoms with E-state index < -0.39 is 10.8 Å². The summed E-state index contributed by atoms with van der Waals surface area (Å²) in [6, 6.07) is 0. The number of hydrogen-bond donors (Lipinski definition) is 0. The van der Waals surface area contributed by atoms with E-state index in [-0.39, 0.29) is 0 Å². The van der Waals surface area contributed by atoms with E-state index in [9.17, 15) is 4.21 Å².